The smallest absolute Gasteiger partial charge is 0.156 e. The molecule has 0 spiro atoms. The standard InChI is InChI=1S/C13H27NO2S2/c1-13(2,3)18(15,16)9-8-14-11-6-5-7-12(10-11)17-4/h11-12,14H,5-10H2,1-4H3. The van der Waals surface area contributed by atoms with Crippen LogP contribution in [0.4, 0.5) is 0 Å². The van der Waals surface area contributed by atoms with Gasteiger partial charge in [-0.05, 0) is 46.3 Å². The minimum Gasteiger partial charge on any atom is -0.313 e. The van der Waals surface area contributed by atoms with Gasteiger partial charge in [-0.3, -0.25) is 0 Å². The van der Waals surface area contributed by atoms with E-state index in [-0.39, 0.29) is 5.75 Å². The molecule has 5 heteroatoms. The molecule has 1 aliphatic carbocycles. The van der Waals surface area contributed by atoms with Gasteiger partial charge in [0.15, 0.2) is 9.84 Å². The van der Waals surface area contributed by atoms with Crippen molar-refractivity contribution in [1.29, 1.82) is 0 Å². The summed E-state index contributed by atoms with van der Waals surface area (Å²) in [6, 6.07) is 0.506. The monoisotopic (exact) mass is 293 g/mol. The van der Waals surface area contributed by atoms with Gasteiger partial charge in [-0.2, -0.15) is 11.8 Å². The molecule has 1 saturated carbocycles. The Balaban J connectivity index is 2.34. The van der Waals surface area contributed by atoms with Gasteiger partial charge in [0.2, 0.25) is 0 Å². The molecule has 2 unspecified atom stereocenters. The summed E-state index contributed by atoms with van der Waals surface area (Å²) in [5.74, 6) is 0.247. The van der Waals surface area contributed by atoms with Crippen LogP contribution in [0, 0.1) is 0 Å². The number of hydrogen-bond donors (Lipinski definition) is 1. The van der Waals surface area contributed by atoms with E-state index in [1.807, 2.05) is 11.8 Å². The molecular weight excluding hydrogens is 266 g/mol. The zero-order chi connectivity index (χ0) is 13.8. The molecule has 0 saturated heterocycles. The lowest BCUT2D eigenvalue weighted by Gasteiger charge is -2.29. The average molecular weight is 293 g/mol. The zero-order valence-electron chi connectivity index (χ0n) is 12.0. The van der Waals surface area contributed by atoms with Crippen molar-refractivity contribution in [3.8, 4) is 0 Å². The molecule has 1 aliphatic rings. The molecule has 1 N–H and O–H groups in total. The van der Waals surface area contributed by atoms with E-state index in [9.17, 15) is 8.42 Å². The summed E-state index contributed by atoms with van der Waals surface area (Å²) in [4.78, 5) is 0. The van der Waals surface area contributed by atoms with E-state index < -0.39 is 14.6 Å². The molecule has 1 rings (SSSR count). The number of thioether (sulfide) groups is 1. The van der Waals surface area contributed by atoms with E-state index in [4.69, 9.17) is 0 Å². The van der Waals surface area contributed by atoms with Crippen molar-refractivity contribution < 1.29 is 8.42 Å². The molecular formula is C13H27NO2S2. The zero-order valence-corrected chi connectivity index (χ0v) is 13.7. The molecule has 2 atom stereocenters. The lowest BCUT2D eigenvalue weighted by Crippen LogP contribution is -2.40. The predicted octanol–water partition coefficient (Wildman–Crippen LogP) is 2.46. The molecule has 0 aliphatic heterocycles. The fourth-order valence-electron chi connectivity index (χ4n) is 2.25. The van der Waals surface area contributed by atoms with Crippen molar-refractivity contribution in [2.45, 2.75) is 62.5 Å². The first-order valence-corrected chi connectivity index (χ1v) is 9.69. The van der Waals surface area contributed by atoms with Crippen molar-refractivity contribution in [1.82, 2.24) is 5.32 Å². The Kier molecular flexibility index (Phi) is 6.00. The second kappa shape index (κ2) is 6.62. The lowest BCUT2D eigenvalue weighted by atomic mass is 9.95. The third-order valence-corrected chi connectivity index (χ3v) is 7.40. The van der Waals surface area contributed by atoms with Gasteiger partial charge >= 0.3 is 0 Å². The largest absolute Gasteiger partial charge is 0.313 e. The predicted molar refractivity (Wildman–Crippen MR) is 81.1 cm³/mol. The van der Waals surface area contributed by atoms with E-state index >= 15 is 0 Å². The van der Waals surface area contributed by atoms with E-state index in [2.05, 4.69) is 11.6 Å². The van der Waals surface area contributed by atoms with Gasteiger partial charge in [0.05, 0.1) is 10.5 Å². The normalized spacial score (nSPS) is 26.2. The molecule has 0 aromatic heterocycles. The third kappa shape index (κ3) is 4.74. The van der Waals surface area contributed by atoms with Crippen LogP contribution in [0.2, 0.25) is 0 Å². The van der Waals surface area contributed by atoms with Crippen LogP contribution in [0.5, 0.6) is 0 Å². The van der Waals surface area contributed by atoms with Crippen molar-refractivity contribution in [2.75, 3.05) is 18.6 Å². The summed E-state index contributed by atoms with van der Waals surface area (Å²) in [6.45, 7) is 5.90. The molecule has 18 heavy (non-hydrogen) atoms. The van der Waals surface area contributed by atoms with Gasteiger partial charge in [0.25, 0.3) is 0 Å². The molecule has 1 fully saturated rings. The van der Waals surface area contributed by atoms with Gasteiger partial charge in [0.1, 0.15) is 0 Å². The summed E-state index contributed by atoms with van der Waals surface area (Å²) in [6.07, 6.45) is 7.09. The van der Waals surface area contributed by atoms with Gasteiger partial charge in [0, 0.05) is 17.8 Å². The van der Waals surface area contributed by atoms with E-state index in [0.717, 1.165) is 5.25 Å². The number of hydrogen-bond acceptors (Lipinski definition) is 4. The minimum atomic E-state index is -2.99. The first-order valence-electron chi connectivity index (χ1n) is 6.75. The van der Waals surface area contributed by atoms with Gasteiger partial charge in [-0.25, -0.2) is 8.42 Å². The Hall–Kier alpha value is 0.260. The summed E-state index contributed by atoms with van der Waals surface area (Å²) in [5, 5.41) is 4.17. The molecule has 3 nitrogen and oxygen atoms in total. The number of sulfone groups is 1. The molecule has 108 valence electrons. The highest BCUT2D eigenvalue weighted by Crippen LogP contribution is 2.26. The van der Waals surface area contributed by atoms with Crippen molar-refractivity contribution in [2.24, 2.45) is 0 Å². The Morgan fingerprint density at radius 2 is 1.94 bits per heavy atom. The second-order valence-corrected chi connectivity index (χ2v) is 10.1. The van der Waals surface area contributed by atoms with Gasteiger partial charge in [-0.1, -0.05) is 6.42 Å². The van der Waals surface area contributed by atoms with Crippen molar-refractivity contribution in [3.05, 3.63) is 0 Å². The molecule has 0 amide bonds. The van der Waals surface area contributed by atoms with Crippen molar-refractivity contribution in [3.63, 3.8) is 0 Å². The average Bonchev–Trinajstić information content (AvgIpc) is 2.27. The quantitative estimate of drug-likeness (QED) is 0.846. The molecule has 0 aromatic carbocycles. The lowest BCUT2D eigenvalue weighted by molar-refractivity contribution is 0.387. The van der Waals surface area contributed by atoms with Crippen LogP contribution in [0.15, 0.2) is 0 Å². The third-order valence-electron chi connectivity index (χ3n) is 3.70. The van der Waals surface area contributed by atoms with Crippen LogP contribution >= 0.6 is 11.8 Å². The Labute approximate surface area is 116 Å². The first-order chi connectivity index (χ1) is 8.26. The molecule has 0 bridgehead atoms. The highest BCUT2D eigenvalue weighted by Gasteiger charge is 2.29. The fraction of sp³-hybridized carbons (Fsp3) is 1.00. The Bertz CT molecular complexity index is 346. The fourth-order valence-corrected chi connectivity index (χ4v) is 4.07. The summed E-state index contributed by atoms with van der Waals surface area (Å²) in [7, 11) is -2.99. The first kappa shape index (κ1) is 16.3. The Morgan fingerprint density at radius 1 is 1.28 bits per heavy atom. The van der Waals surface area contributed by atoms with E-state index in [1.165, 1.54) is 25.7 Å². The van der Waals surface area contributed by atoms with Crippen LogP contribution in [0.25, 0.3) is 0 Å². The maximum atomic E-state index is 12.0. The maximum absolute atomic E-state index is 12.0. The van der Waals surface area contributed by atoms with Gasteiger partial charge < -0.3 is 5.32 Å². The Morgan fingerprint density at radius 3 is 2.50 bits per heavy atom. The summed E-state index contributed by atoms with van der Waals surface area (Å²) < 4.78 is 23.3. The summed E-state index contributed by atoms with van der Waals surface area (Å²) >= 11 is 1.93. The molecule has 0 heterocycles. The second-order valence-electron chi connectivity index (χ2n) is 6.11. The molecule has 0 radical (unpaired) electrons. The topological polar surface area (TPSA) is 46.2 Å². The van der Waals surface area contributed by atoms with Crippen LogP contribution in [-0.4, -0.2) is 43.0 Å². The SMILES string of the molecule is CSC1CCCC(NCCS(=O)(=O)C(C)(C)C)C1. The van der Waals surface area contributed by atoms with Crippen LogP contribution in [0.1, 0.15) is 46.5 Å². The van der Waals surface area contributed by atoms with E-state index in [1.54, 1.807) is 20.8 Å². The molecule has 0 aromatic rings. The number of nitrogens with one attached hydrogen (secondary N) is 1. The van der Waals surface area contributed by atoms with Crippen LogP contribution in [0.3, 0.4) is 0 Å². The van der Waals surface area contributed by atoms with E-state index in [0.29, 0.717) is 12.6 Å². The highest BCUT2D eigenvalue weighted by molar-refractivity contribution is 7.99. The summed E-state index contributed by atoms with van der Waals surface area (Å²) in [5.41, 5.74) is 0. The van der Waals surface area contributed by atoms with Crippen molar-refractivity contribution >= 4 is 21.6 Å². The maximum Gasteiger partial charge on any atom is 0.156 e. The van der Waals surface area contributed by atoms with Crippen LogP contribution in [-0.2, 0) is 9.84 Å². The van der Waals surface area contributed by atoms with Crippen LogP contribution < -0.4 is 5.32 Å². The minimum absolute atomic E-state index is 0.247. The highest BCUT2D eigenvalue weighted by atomic mass is 32.2. The number of rotatable bonds is 5. The van der Waals surface area contributed by atoms with Gasteiger partial charge in [-0.15, -0.1) is 0 Å².